The van der Waals surface area contributed by atoms with Crippen molar-refractivity contribution in [3.8, 4) is 23.3 Å². The number of nitrogens with one attached hydrogen (secondary N) is 1. The Kier molecular flexibility index (Phi) is 6.41. The van der Waals surface area contributed by atoms with Crippen LogP contribution in [0.15, 0.2) is 59.8 Å². The lowest BCUT2D eigenvalue weighted by Crippen LogP contribution is -2.13. The highest BCUT2D eigenvalue weighted by atomic mass is 32.2. The van der Waals surface area contributed by atoms with Crippen molar-refractivity contribution >= 4 is 29.3 Å². The molecule has 0 aliphatic heterocycles. The van der Waals surface area contributed by atoms with Crippen LogP contribution < -0.4 is 11.1 Å². The second kappa shape index (κ2) is 9.36. The second-order valence-corrected chi connectivity index (χ2v) is 6.96. The van der Waals surface area contributed by atoms with Gasteiger partial charge in [0.2, 0.25) is 5.91 Å². The molecule has 3 aromatic rings. The van der Waals surface area contributed by atoms with E-state index in [4.69, 9.17) is 5.73 Å². The van der Waals surface area contributed by atoms with Crippen LogP contribution in [0.5, 0.6) is 0 Å². The third-order valence-corrected chi connectivity index (χ3v) is 4.96. The molecule has 142 valence electrons. The van der Waals surface area contributed by atoms with E-state index in [0.717, 1.165) is 0 Å². The first-order valence-electron chi connectivity index (χ1n) is 8.66. The zero-order chi connectivity index (χ0) is 20.6. The molecule has 0 aliphatic rings. The first kappa shape index (κ1) is 19.9. The zero-order valence-corrected chi connectivity index (χ0v) is 16.1. The topological polar surface area (TPSA) is 128 Å². The molecule has 0 bridgehead atoms. The Balaban J connectivity index is 1.81. The van der Waals surface area contributed by atoms with Gasteiger partial charge in [-0.15, -0.1) is 11.8 Å². The average molecular weight is 400 g/mol. The molecule has 0 saturated heterocycles. The molecule has 7 nitrogen and oxygen atoms in total. The van der Waals surface area contributed by atoms with Gasteiger partial charge in [-0.25, -0.2) is 9.97 Å². The van der Waals surface area contributed by atoms with E-state index in [2.05, 4.69) is 21.4 Å². The number of anilines is 2. The number of benzene rings is 1. The fraction of sp³-hybridized carbons (Fsp3) is 0.0952. The van der Waals surface area contributed by atoms with Crippen molar-refractivity contribution in [1.82, 2.24) is 9.97 Å². The van der Waals surface area contributed by atoms with Crippen LogP contribution in [0.4, 0.5) is 11.6 Å². The van der Waals surface area contributed by atoms with Crippen LogP contribution >= 0.6 is 11.8 Å². The van der Waals surface area contributed by atoms with Gasteiger partial charge in [-0.1, -0.05) is 36.4 Å². The molecule has 0 saturated carbocycles. The van der Waals surface area contributed by atoms with Gasteiger partial charge in [-0.3, -0.25) is 4.79 Å². The lowest BCUT2D eigenvalue weighted by molar-refractivity contribution is -0.115. The standard InChI is InChI=1S/C21H16N6OS/c22-12-15-19(14-6-2-1-3-7-14)16(13-23)21(27-20(15)24)29-11-9-18(28)26-17-8-4-5-10-25-17/h1-8,10H,9,11H2,(H2,24,27)(H,25,26,28). The summed E-state index contributed by atoms with van der Waals surface area (Å²) in [5.74, 6) is 0.734. The third-order valence-electron chi connectivity index (χ3n) is 3.98. The minimum atomic E-state index is -0.195. The lowest BCUT2D eigenvalue weighted by Gasteiger charge is -2.13. The highest BCUT2D eigenvalue weighted by Gasteiger charge is 2.20. The molecule has 1 aromatic carbocycles. The van der Waals surface area contributed by atoms with Crippen LogP contribution in [-0.4, -0.2) is 21.6 Å². The Morgan fingerprint density at radius 3 is 2.45 bits per heavy atom. The summed E-state index contributed by atoms with van der Waals surface area (Å²) in [6.45, 7) is 0. The smallest absolute Gasteiger partial charge is 0.226 e. The second-order valence-electron chi connectivity index (χ2n) is 5.88. The van der Waals surface area contributed by atoms with Gasteiger partial charge in [-0.05, 0) is 17.7 Å². The van der Waals surface area contributed by atoms with Gasteiger partial charge >= 0.3 is 0 Å². The number of carbonyl (C=O) groups excluding carboxylic acids is 1. The molecule has 8 heteroatoms. The van der Waals surface area contributed by atoms with Crippen LogP contribution in [0.2, 0.25) is 0 Å². The summed E-state index contributed by atoms with van der Waals surface area (Å²) in [5.41, 5.74) is 7.60. The molecule has 0 aliphatic carbocycles. The Labute approximate surface area is 172 Å². The number of thioether (sulfide) groups is 1. The number of nitrogens with two attached hydrogens (primary N) is 1. The molecule has 3 rings (SSSR count). The largest absolute Gasteiger partial charge is 0.383 e. The van der Waals surface area contributed by atoms with Gasteiger partial charge in [-0.2, -0.15) is 10.5 Å². The van der Waals surface area contributed by atoms with E-state index in [1.165, 1.54) is 11.8 Å². The molecular weight excluding hydrogens is 384 g/mol. The average Bonchev–Trinajstić information content (AvgIpc) is 2.74. The van der Waals surface area contributed by atoms with E-state index < -0.39 is 0 Å². The van der Waals surface area contributed by atoms with Crippen molar-refractivity contribution in [2.45, 2.75) is 11.4 Å². The van der Waals surface area contributed by atoms with Gasteiger partial charge in [0, 0.05) is 23.9 Å². The number of nitrogens with zero attached hydrogens (tertiary/aromatic N) is 4. The number of rotatable bonds is 6. The summed E-state index contributed by atoms with van der Waals surface area (Å²) in [6.07, 6.45) is 1.80. The minimum absolute atomic E-state index is 0.0609. The Morgan fingerprint density at radius 1 is 1.07 bits per heavy atom. The summed E-state index contributed by atoms with van der Waals surface area (Å²) in [6, 6.07) is 18.6. The Morgan fingerprint density at radius 2 is 1.79 bits per heavy atom. The molecule has 0 unspecified atom stereocenters. The fourth-order valence-electron chi connectivity index (χ4n) is 2.68. The van der Waals surface area contributed by atoms with Crippen LogP contribution in [0.3, 0.4) is 0 Å². The van der Waals surface area contributed by atoms with E-state index in [-0.39, 0.29) is 29.3 Å². The van der Waals surface area contributed by atoms with Crippen LogP contribution in [0.25, 0.3) is 11.1 Å². The summed E-state index contributed by atoms with van der Waals surface area (Å²) < 4.78 is 0. The van der Waals surface area contributed by atoms with Crippen LogP contribution in [0.1, 0.15) is 17.5 Å². The third kappa shape index (κ3) is 4.70. The monoisotopic (exact) mass is 400 g/mol. The Bertz CT molecular complexity index is 1100. The molecule has 3 N–H and O–H groups in total. The van der Waals surface area contributed by atoms with E-state index in [1.54, 1.807) is 24.4 Å². The predicted octanol–water partition coefficient (Wildman–Crippen LogP) is 3.59. The highest BCUT2D eigenvalue weighted by Crippen LogP contribution is 2.35. The van der Waals surface area contributed by atoms with Gasteiger partial charge in [0.1, 0.15) is 34.4 Å². The maximum Gasteiger partial charge on any atom is 0.226 e. The molecule has 29 heavy (non-hydrogen) atoms. The maximum absolute atomic E-state index is 12.1. The highest BCUT2D eigenvalue weighted by molar-refractivity contribution is 7.99. The SMILES string of the molecule is N#Cc1c(N)nc(SCCC(=O)Nc2ccccn2)c(C#N)c1-c1ccccc1. The van der Waals surface area contributed by atoms with Crippen molar-refractivity contribution < 1.29 is 4.79 Å². The van der Waals surface area contributed by atoms with Crippen molar-refractivity contribution in [2.75, 3.05) is 16.8 Å². The maximum atomic E-state index is 12.1. The molecule has 2 heterocycles. The van der Waals surface area contributed by atoms with Crippen LogP contribution in [0, 0.1) is 22.7 Å². The van der Waals surface area contributed by atoms with Gasteiger partial charge in [0.25, 0.3) is 0 Å². The minimum Gasteiger partial charge on any atom is -0.383 e. The van der Waals surface area contributed by atoms with Crippen molar-refractivity contribution in [2.24, 2.45) is 0 Å². The number of aromatic nitrogens is 2. The number of nitrogen functional groups attached to an aromatic ring is 1. The van der Waals surface area contributed by atoms with Crippen LogP contribution in [-0.2, 0) is 4.79 Å². The number of carbonyl (C=O) groups is 1. The quantitative estimate of drug-likeness (QED) is 0.605. The summed E-state index contributed by atoms with van der Waals surface area (Å²) in [5, 5.41) is 22.4. The number of amides is 1. The molecule has 0 radical (unpaired) electrons. The number of pyridine rings is 2. The number of hydrogen-bond acceptors (Lipinski definition) is 7. The summed E-state index contributed by atoms with van der Waals surface area (Å²) in [7, 11) is 0. The first-order chi connectivity index (χ1) is 14.1. The van der Waals surface area contributed by atoms with Gasteiger partial charge in [0.05, 0.1) is 5.56 Å². The normalized spacial score (nSPS) is 10.0. The molecular formula is C21H16N6OS. The molecule has 0 fully saturated rings. The lowest BCUT2D eigenvalue weighted by atomic mass is 9.97. The molecule has 2 aromatic heterocycles. The van der Waals surface area contributed by atoms with E-state index in [9.17, 15) is 15.3 Å². The van der Waals surface area contributed by atoms with Crippen molar-refractivity contribution in [3.05, 3.63) is 65.9 Å². The fourth-order valence-corrected chi connectivity index (χ4v) is 3.61. The summed E-state index contributed by atoms with van der Waals surface area (Å²) in [4.78, 5) is 20.4. The van der Waals surface area contributed by atoms with Crippen molar-refractivity contribution in [3.63, 3.8) is 0 Å². The van der Waals surface area contributed by atoms with Crippen molar-refractivity contribution in [1.29, 1.82) is 10.5 Å². The number of hydrogen-bond donors (Lipinski definition) is 2. The molecule has 0 atom stereocenters. The first-order valence-corrected chi connectivity index (χ1v) is 9.65. The number of nitriles is 2. The molecule has 0 spiro atoms. The Hall–Kier alpha value is -3.88. The molecule has 1 amide bonds. The van der Waals surface area contributed by atoms with E-state index >= 15 is 0 Å². The predicted molar refractivity (Wildman–Crippen MR) is 112 cm³/mol. The van der Waals surface area contributed by atoms with E-state index in [0.29, 0.717) is 27.7 Å². The van der Waals surface area contributed by atoms with Gasteiger partial charge in [0.15, 0.2) is 0 Å². The van der Waals surface area contributed by atoms with E-state index in [1.807, 2.05) is 36.4 Å². The zero-order valence-electron chi connectivity index (χ0n) is 15.3. The van der Waals surface area contributed by atoms with Gasteiger partial charge < -0.3 is 11.1 Å². The summed E-state index contributed by atoms with van der Waals surface area (Å²) >= 11 is 1.25.